The molecule has 0 radical (unpaired) electrons. The Labute approximate surface area is 150 Å². The molecule has 3 saturated carbocycles. The summed E-state index contributed by atoms with van der Waals surface area (Å²) in [4.78, 5) is 23.5. The molecule has 0 N–H and O–H groups in total. The van der Waals surface area contributed by atoms with Gasteiger partial charge in [-0.25, -0.2) is 4.79 Å². The molecule has 0 aromatic rings. The largest absolute Gasteiger partial charge is 0.508 e. The Hall–Kier alpha value is -1.32. The van der Waals surface area contributed by atoms with Crippen molar-refractivity contribution in [3.8, 4) is 0 Å². The van der Waals surface area contributed by atoms with Crippen LogP contribution in [0, 0.1) is 34.5 Å². The van der Waals surface area contributed by atoms with Crippen LogP contribution in [0.4, 0.5) is 4.79 Å². The van der Waals surface area contributed by atoms with Crippen molar-refractivity contribution >= 4 is 11.9 Å². The van der Waals surface area contributed by atoms with Crippen molar-refractivity contribution < 1.29 is 19.1 Å². The highest BCUT2D eigenvalue weighted by molar-refractivity contribution is 5.91. The van der Waals surface area contributed by atoms with Crippen molar-refractivity contribution in [1.29, 1.82) is 0 Å². The number of methoxy groups -OCH3 is 1. The van der Waals surface area contributed by atoms with E-state index < -0.39 is 6.16 Å². The van der Waals surface area contributed by atoms with Crippen molar-refractivity contribution in [2.45, 2.75) is 64.9 Å². The van der Waals surface area contributed by atoms with E-state index in [1.54, 1.807) is 0 Å². The Morgan fingerprint density at radius 1 is 1.12 bits per heavy atom. The third-order valence-electron chi connectivity index (χ3n) is 8.36. The van der Waals surface area contributed by atoms with E-state index in [1.807, 2.05) is 6.08 Å². The first-order chi connectivity index (χ1) is 11.9. The van der Waals surface area contributed by atoms with Gasteiger partial charge in [0.15, 0.2) is 5.78 Å². The molecule has 0 aliphatic heterocycles. The molecule has 0 aromatic carbocycles. The van der Waals surface area contributed by atoms with Gasteiger partial charge in [0.2, 0.25) is 0 Å². The number of carbonyl (C=O) groups is 2. The first kappa shape index (κ1) is 17.1. The van der Waals surface area contributed by atoms with Gasteiger partial charge in [-0.05, 0) is 73.7 Å². The Balaban J connectivity index is 1.59. The second kappa shape index (κ2) is 5.85. The summed E-state index contributed by atoms with van der Waals surface area (Å²) < 4.78 is 10.4. The number of hydrogen-bond acceptors (Lipinski definition) is 4. The lowest BCUT2D eigenvalue weighted by Gasteiger charge is -2.58. The van der Waals surface area contributed by atoms with Crippen LogP contribution >= 0.6 is 0 Å². The maximum absolute atomic E-state index is 11.9. The van der Waals surface area contributed by atoms with Crippen LogP contribution in [0.2, 0.25) is 0 Å². The van der Waals surface area contributed by atoms with Crippen molar-refractivity contribution in [2.24, 2.45) is 34.5 Å². The van der Waals surface area contributed by atoms with Crippen LogP contribution in [0.5, 0.6) is 0 Å². The molecule has 0 unspecified atom stereocenters. The van der Waals surface area contributed by atoms with Crippen LogP contribution in [0.15, 0.2) is 12.2 Å². The number of ether oxygens (including phenoxy) is 2. The summed E-state index contributed by atoms with van der Waals surface area (Å²) >= 11 is 0. The molecule has 0 saturated heterocycles. The Bertz CT molecular complexity index is 611. The minimum atomic E-state index is -0.543. The predicted octanol–water partition coefficient (Wildman–Crippen LogP) is 4.53. The molecule has 4 aliphatic carbocycles. The van der Waals surface area contributed by atoms with Gasteiger partial charge in [0.1, 0.15) is 6.10 Å². The fourth-order valence-electron chi connectivity index (χ4n) is 6.94. The summed E-state index contributed by atoms with van der Waals surface area (Å²) in [5.41, 5.74) is 0.242. The number of allylic oxidation sites excluding steroid dienone is 2. The van der Waals surface area contributed by atoms with Crippen LogP contribution in [0.3, 0.4) is 0 Å². The van der Waals surface area contributed by atoms with Gasteiger partial charge in [-0.15, -0.1) is 0 Å². The lowest BCUT2D eigenvalue weighted by atomic mass is 9.46. The van der Waals surface area contributed by atoms with E-state index in [1.165, 1.54) is 20.0 Å². The molecule has 0 heterocycles. The lowest BCUT2D eigenvalue weighted by molar-refractivity contribution is -0.124. The molecular weight excluding hydrogens is 316 g/mol. The van der Waals surface area contributed by atoms with Gasteiger partial charge in [0, 0.05) is 11.8 Å². The molecular formula is C21H30O4. The fourth-order valence-corrected chi connectivity index (χ4v) is 6.94. The quantitative estimate of drug-likeness (QED) is 0.655. The van der Waals surface area contributed by atoms with Crippen molar-refractivity contribution in [3.05, 3.63) is 12.2 Å². The highest BCUT2D eigenvalue weighted by Gasteiger charge is 2.60. The smallest absolute Gasteiger partial charge is 0.438 e. The first-order valence-electron chi connectivity index (χ1n) is 9.85. The van der Waals surface area contributed by atoms with E-state index in [-0.39, 0.29) is 16.9 Å². The zero-order valence-corrected chi connectivity index (χ0v) is 15.6. The minimum absolute atomic E-state index is 0.0140. The lowest BCUT2D eigenvalue weighted by Crippen LogP contribution is -2.53. The molecule has 7 atom stereocenters. The average Bonchev–Trinajstić information content (AvgIpc) is 2.92. The van der Waals surface area contributed by atoms with Crippen LogP contribution in [-0.2, 0) is 14.3 Å². The number of carbonyl (C=O) groups excluding carboxylic acids is 2. The first-order valence-corrected chi connectivity index (χ1v) is 9.85. The topological polar surface area (TPSA) is 52.6 Å². The molecule has 4 rings (SSSR count). The summed E-state index contributed by atoms with van der Waals surface area (Å²) in [6.07, 6.45) is 11.0. The second-order valence-electron chi connectivity index (χ2n) is 9.20. The summed E-state index contributed by atoms with van der Waals surface area (Å²) in [6, 6.07) is 0. The Morgan fingerprint density at radius 3 is 2.68 bits per heavy atom. The second-order valence-corrected chi connectivity index (χ2v) is 9.20. The molecule has 3 fully saturated rings. The predicted molar refractivity (Wildman–Crippen MR) is 93.9 cm³/mol. The number of ketones is 1. The van der Waals surface area contributed by atoms with Crippen molar-refractivity contribution in [2.75, 3.05) is 7.11 Å². The van der Waals surface area contributed by atoms with Gasteiger partial charge in [-0.1, -0.05) is 19.9 Å². The Morgan fingerprint density at radius 2 is 1.92 bits per heavy atom. The van der Waals surface area contributed by atoms with Crippen molar-refractivity contribution in [3.63, 3.8) is 0 Å². The molecule has 0 aromatic heterocycles. The number of hydrogen-bond donors (Lipinski definition) is 0. The fraction of sp³-hybridized carbons (Fsp3) is 0.810. The Kier molecular flexibility index (Phi) is 4.01. The van der Waals surface area contributed by atoms with E-state index in [0.717, 1.165) is 32.1 Å². The van der Waals surface area contributed by atoms with E-state index in [2.05, 4.69) is 19.9 Å². The number of fused-ring (bicyclic) bond motifs is 5. The van der Waals surface area contributed by atoms with E-state index in [0.29, 0.717) is 29.5 Å². The molecule has 0 amide bonds. The zero-order valence-electron chi connectivity index (χ0n) is 15.6. The van der Waals surface area contributed by atoms with Crippen LogP contribution in [0.25, 0.3) is 0 Å². The minimum Gasteiger partial charge on any atom is -0.438 e. The highest BCUT2D eigenvalue weighted by Crippen LogP contribution is 2.65. The monoisotopic (exact) mass is 346 g/mol. The molecule has 0 bridgehead atoms. The van der Waals surface area contributed by atoms with Crippen LogP contribution in [-0.4, -0.2) is 25.2 Å². The summed E-state index contributed by atoms with van der Waals surface area (Å²) in [6.45, 7) is 4.71. The summed E-state index contributed by atoms with van der Waals surface area (Å²) in [5.74, 6) is 2.77. The van der Waals surface area contributed by atoms with Gasteiger partial charge < -0.3 is 9.47 Å². The van der Waals surface area contributed by atoms with Gasteiger partial charge in [0.25, 0.3) is 0 Å². The van der Waals surface area contributed by atoms with E-state index in [9.17, 15) is 9.59 Å². The molecule has 0 spiro atoms. The maximum Gasteiger partial charge on any atom is 0.508 e. The number of rotatable bonds is 1. The van der Waals surface area contributed by atoms with Crippen LogP contribution in [0.1, 0.15) is 58.8 Å². The average molecular weight is 346 g/mol. The normalized spacial score (nSPS) is 48.3. The summed E-state index contributed by atoms with van der Waals surface area (Å²) in [7, 11) is 1.38. The van der Waals surface area contributed by atoms with Gasteiger partial charge in [-0.3, -0.25) is 4.79 Å². The third-order valence-corrected chi connectivity index (χ3v) is 8.36. The van der Waals surface area contributed by atoms with Gasteiger partial charge >= 0.3 is 6.16 Å². The SMILES string of the molecule is COC(=O)O[C@H]1CC[C@H]2[C@@H]3CC[C@H]4CC(=O)C=C[C@]4(C)[C@H]3CC[C@]12C. The molecule has 4 nitrogen and oxygen atoms in total. The molecule has 4 aliphatic rings. The molecule has 25 heavy (non-hydrogen) atoms. The van der Waals surface area contributed by atoms with Gasteiger partial charge in [0.05, 0.1) is 7.11 Å². The van der Waals surface area contributed by atoms with Gasteiger partial charge in [-0.2, -0.15) is 0 Å². The summed E-state index contributed by atoms with van der Waals surface area (Å²) in [5, 5.41) is 0. The molecule has 138 valence electrons. The van der Waals surface area contributed by atoms with Crippen LogP contribution < -0.4 is 0 Å². The third kappa shape index (κ3) is 2.47. The zero-order chi connectivity index (χ0) is 17.8. The van der Waals surface area contributed by atoms with E-state index >= 15 is 0 Å². The molecule has 4 heteroatoms. The van der Waals surface area contributed by atoms with Crippen molar-refractivity contribution in [1.82, 2.24) is 0 Å². The maximum atomic E-state index is 11.9. The standard InChI is InChI=1S/C21H30O4/c1-20-10-8-14(22)12-13(20)4-5-15-16-6-7-18(25-19(23)24-3)21(16,2)11-9-17(15)20/h8,10,13,15-18H,4-7,9,11-12H2,1-3H3/t13-,15-,16-,17-,18-,20-,21-/m0/s1. The highest BCUT2D eigenvalue weighted by atomic mass is 16.7. The van der Waals surface area contributed by atoms with E-state index in [4.69, 9.17) is 9.47 Å².